The van der Waals surface area contributed by atoms with E-state index >= 15 is 0 Å². The lowest BCUT2D eigenvalue weighted by Crippen LogP contribution is -2.15. The minimum Gasteiger partial charge on any atom is -0.496 e. The van der Waals surface area contributed by atoms with E-state index in [0.717, 1.165) is 0 Å². The number of allylic oxidation sites excluding steroid dienone is 1. The second-order valence-corrected chi connectivity index (χ2v) is 2.13. The normalized spacial score (nSPS) is 12.8. The van der Waals surface area contributed by atoms with Crippen molar-refractivity contribution >= 4 is 11.6 Å². The number of aliphatic hydroxyl groups is 1. The van der Waals surface area contributed by atoms with Crippen LogP contribution >= 0.6 is 11.6 Å². The molecule has 1 atom stereocenters. The van der Waals surface area contributed by atoms with Gasteiger partial charge in [0.2, 0.25) is 0 Å². The third-order valence-electron chi connectivity index (χ3n) is 0.700. The number of alkyl halides is 1. The van der Waals surface area contributed by atoms with Crippen molar-refractivity contribution in [2.75, 3.05) is 12.5 Å². The van der Waals surface area contributed by atoms with Crippen molar-refractivity contribution in [2.24, 2.45) is 0 Å². The van der Waals surface area contributed by atoms with Gasteiger partial charge in [-0.25, -0.2) is 0 Å². The first-order chi connectivity index (χ1) is 4.16. The van der Waals surface area contributed by atoms with E-state index in [1.807, 2.05) is 0 Å². The van der Waals surface area contributed by atoms with Crippen molar-refractivity contribution in [2.45, 2.75) is 13.0 Å². The van der Waals surface area contributed by atoms with Gasteiger partial charge < -0.3 is 9.84 Å². The predicted molar refractivity (Wildman–Crippen MR) is 37.5 cm³/mol. The Morgan fingerprint density at radius 3 is 2.78 bits per heavy atom. The van der Waals surface area contributed by atoms with Crippen LogP contribution in [0.3, 0.4) is 0 Å². The van der Waals surface area contributed by atoms with Crippen LogP contribution in [0.4, 0.5) is 0 Å². The fourth-order valence-electron chi connectivity index (χ4n) is 0.283. The molecule has 0 rings (SSSR count). The molecular weight excluding hydrogens is 140 g/mol. The number of hydrogen-bond acceptors (Lipinski definition) is 2. The molecule has 0 fully saturated rings. The van der Waals surface area contributed by atoms with Crippen molar-refractivity contribution in [3.05, 3.63) is 12.3 Å². The zero-order valence-electron chi connectivity index (χ0n) is 5.43. The van der Waals surface area contributed by atoms with Gasteiger partial charge in [-0.1, -0.05) is 6.58 Å². The summed E-state index contributed by atoms with van der Waals surface area (Å²) in [6, 6.07) is 0. The molecule has 0 heterocycles. The van der Waals surface area contributed by atoms with E-state index in [4.69, 9.17) is 21.4 Å². The largest absolute Gasteiger partial charge is 0.496 e. The van der Waals surface area contributed by atoms with Gasteiger partial charge in [0, 0.05) is 0 Å². The van der Waals surface area contributed by atoms with Gasteiger partial charge in [0.25, 0.3) is 0 Å². The molecular formula is C6H11ClO2. The smallest absolute Gasteiger partial charge is 0.115 e. The monoisotopic (exact) mass is 150 g/mol. The van der Waals surface area contributed by atoms with Crippen LogP contribution in [0.2, 0.25) is 0 Å². The molecule has 54 valence electrons. The van der Waals surface area contributed by atoms with Crippen LogP contribution < -0.4 is 0 Å². The molecule has 0 aromatic carbocycles. The van der Waals surface area contributed by atoms with Gasteiger partial charge in [-0.05, 0) is 6.92 Å². The lowest BCUT2D eigenvalue weighted by molar-refractivity contribution is 0.0871. The van der Waals surface area contributed by atoms with Crippen LogP contribution in [-0.2, 0) is 4.74 Å². The Kier molecular flexibility index (Phi) is 4.54. The van der Waals surface area contributed by atoms with E-state index < -0.39 is 6.10 Å². The Balaban J connectivity index is 3.16. The number of ether oxygens (including phenoxy) is 1. The molecule has 0 spiro atoms. The summed E-state index contributed by atoms with van der Waals surface area (Å²) in [5.74, 6) is 0.798. The second kappa shape index (κ2) is 4.65. The Morgan fingerprint density at radius 1 is 1.89 bits per heavy atom. The van der Waals surface area contributed by atoms with Crippen LogP contribution in [0.15, 0.2) is 12.3 Å². The van der Waals surface area contributed by atoms with Gasteiger partial charge in [-0.2, -0.15) is 0 Å². The van der Waals surface area contributed by atoms with E-state index in [1.54, 1.807) is 6.92 Å². The Labute approximate surface area is 60.1 Å². The quantitative estimate of drug-likeness (QED) is 0.481. The second-order valence-electron chi connectivity index (χ2n) is 1.82. The molecule has 0 aliphatic rings. The summed E-state index contributed by atoms with van der Waals surface area (Å²) >= 11 is 5.28. The summed E-state index contributed by atoms with van der Waals surface area (Å²) in [4.78, 5) is 0. The zero-order chi connectivity index (χ0) is 7.28. The molecule has 0 aromatic heterocycles. The van der Waals surface area contributed by atoms with E-state index in [0.29, 0.717) is 5.76 Å². The highest BCUT2D eigenvalue weighted by Gasteiger charge is 2.00. The summed E-state index contributed by atoms with van der Waals surface area (Å²) in [6.45, 7) is 5.44. The first-order valence-electron chi connectivity index (χ1n) is 2.69. The number of rotatable bonds is 4. The molecule has 0 bridgehead atoms. The molecule has 0 aromatic rings. The van der Waals surface area contributed by atoms with Crippen molar-refractivity contribution < 1.29 is 9.84 Å². The minimum atomic E-state index is -0.580. The average Bonchev–Trinajstić information content (AvgIpc) is 1.83. The maximum atomic E-state index is 8.81. The molecule has 1 unspecified atom stereocenters. The lowest BCUT2D eigenvalue weighted by Gasteiger charge is -2.07. The number of aliphatic hydroxyl groups excluding tert-OH is 1. The predicted octanol–water partition coefficient (Wildman–Crippen LogP) is 1.14. The van der Waals surface area contributed by atoms with Gasteiger partial charge in [-0.15, -0.1) is 11.6 Å². The van der Waals surface area contributed by atoms with Gasteiger partial charge >= 0.3 is 0 Å². The summed E-state index contributed by atoms with van der Waals surface area (Å²) in [6.07, 6.45) is -0.580. The molecule has 0 aliphatic heterocycles. The van der Waals surface area contributed by atoms with Crippen LogP contribution in [0.25, 0.3) is 0 Å². The van der Waals surface area contributed by atoms with Gasteiger partial charge in [-0.3, -0.25) is 0 Å². The zero-order valence-corrected chi connectivity index (χ0v) is 6.19. The molecule has 1 N–H and O–H groups in total. The van der Waals surface area contributed by atoms with E-state index in [-0.39, 0.29) is 12.5 Å². The lowest BCUT2D eigenvalue weighted by atomic mass is 10.4. The third-order valence-corrected chi connectivity index (χ3v) is 1.06. The molecule has 3 heteroatoms. The van der Waals surface area contributed by atoms with Crippen molar-refractivity contribution in [3.63, 3.8) is 0 Å². The SMILES string of the molecule is C=C(C)OCC(O)CCl. The Morgan fingerprint density at radius 2 is 2.44 bits per heavy atom. The van der Waals surface area contributed by atoms with Crippen LogP contribution in [-0.4, -0.2) is 23.7 Å². The summed E-state index contributed by atoms with van der Waals surface area (Å²) in [5, 5.41) is 8.81. The highest BCUT2D eigenvalue weighted by atomic mass is 35.5. The first kappa shape index (κ1) is 8.79. The van der Waals surface area contributed by atoms with E-state index in [2.05, 4.69) is 6.58 Å². The molecule has 9 heavy (non-hydrogen) atoms. The summed E-state index contributed by atoms with van der Waals surface area (Å²) in [7, 11) is 0. The Bertz CT molecular complexity index is 93.1. The summed E-state index contributed by atoms with van der Waals surface area (Å²) < 4.78 is 4.87. The van der Waals surface area contributed by atoms with Crippen LogP contribution in [0.1, 0.15) is 6.92 Å². The van der Waals surface area contributed by atoms with Gasteiger partial charge in [0.1, 0.15) is 12.7 Å². The maximum Gasteiger partial charge on any atom is 0.115 e. The number of halogens is 1. The highest BCUT2D eigenvalue weighted by molar-refractivity contribution is 6.18. The van der Waals surface area contributed by atoms with Crippen molar-refractivity contribution in [1.82, 2.24) is 0 Å². The molecule has 2 nitrogen and oxygen atoms in total. The fourth-order valence-corrected chi connectivity index (χ4v) is 0.372. The van der Waals surface area contributed by atoms with Crippen molar-refractivity contribution in [3.8, 4) is 0 Å². The van der Waals surface area contributed by atoms with E-state index in [9.17, 15) is 0 Å². The Hall–Kier alpha value is -0.210. The number of hydrogen-bond donors (Lipinski definition) is 1. The molecule has 0 radical (unpaired) electrons. The highest BCUT2D eigenvalue weighted by Crippen LogP contribution is 1.94. The van der Waals surface area contributed by atoms with E-state index in [1.165, 1.54) is 0 Å². The minimum absolute atomic E-state index is 0.202. The van der Waals surface area contributed by atoms with Gasteiger partial charge in [0.05, 0.1) is 11.6 Å². The van der Waals surface area contributed by atoms with Gasteiger partial charge in [0.15, 0.2) is 0 Å². The molecule has 0 saturated heterocycles. The molecule has 0 saturated carbocycles. The van der Waals surface area contributed by atoms with Crippen molar-refractivity contribution in [1.29, 1.82) is 0 Å². The molecule has 0 aliphatic carbocycles. The standard InChI is InChI=1S/C6H11ClO2/c1-5(2)9-4-6(8)3-7/h6,8H,1,3-4H2,2H3. The molecule has 0 amide bonds. The fraction of sp³-hybridized carbons (Fsp3) is 0.667. The summed E-state index contributed by atoms with van der Waals surface area (Å²) in [5.41, 5.74) is 0. The maximum absolute atomic E-state index is 8.81. The third kappa shape index (κ3) is 5.66. The average molecular weight is 151 g/mol. The van der Waals surface area contributed by atoms with Crippen LogP contribution in [0.5, 0.6) is 0 Å². The van der Waals surface area contributed by atoms with Crippen LogP contribution in [0, 0.1) is 0 Å². The first-order valence-corrected chi connectivity index (χ1v) is 3.22. The topological polar surface area (TPSA) is 29.5 Å².